The molecule has 0 unspecified atom stereocenters. The maximum absolute atomic E-state index is 10.8. The minimum atomic E-state index is -1.21. The second-order valence-corrected chi connectivity index (χ2v) is 2.91. The SMILES string of the molecule is C=CC(=O)NCc1ccc(C(=O)[O-])cc1.[Na+]. The van der Waals surface area contributed by atoms with Crippen LogP contribution >= 0.6 is 0 Å². The van der Waals surface area contributed by atoms with Crippen LogP contribution in [0.1, 0.15) is 15.9 Å². The zero-order valence-corrected chi connectivity index (χ0v) is 11.0. The van der Waals surface area contributed by atoms with Gasteiger partial charge in [-0.05, 0) is 17.2 Å². The van der Waals surface area contributed by atoms with E-state index in [1.54, 1.807) is 12.1 Å². The second kappa shape index (κ2) is 7.22. The van der Waals surface area contributed by atoms with Gasteiger partial charge in [-0.2, -0.15) is 0 Å². The van der Waals surface area contributed by atoms with Crippen molar-refractivity contribution >= 4 is 11.9 Å². The van der Waals surface area contributed by atoms with Crippen LogP contribution in [-0.2, 0) is 11.3 Å². The Kier molecular flexibility index (Phi) is 6.72. The number of aromatic carboxylic acids is 1. The van der Waals surface area contributed by atoms with E-state index in [0.29, 0.717) is 6.54 Å². The molecule has 0 aliphatic carbocycles. The minimum absolute atomic E-state index is 0. The second-order valence-electron chi connectivity index (χ2n) is 2.91. The monoisotopic (exact) mass is 227 g/mol. The average Bonchev–Trinajstić information content (AvgIpc) is 2.26. The maximum atomic E-state index is 10.8. The van der Waals surface area contributed by atoms with Crippen molar-refractivity contribution in [1.82, 2.24) is 5.32 Å². The molecule has 1 aromatic carbocycles. The summed E-state index contributed by atoms with van der Waals surface area (Å²) in [6.07, 6.45) is 1.18. The number of rotatable bonds is 4. The van der Waals surface area contributed by atoms with Crippen molar-refractivity contribution in [1.29, 1.82) is 0 Å². The Morgan fingerprint density at radius 1 is 1.31 bits per heavy atom. The summed E-state index contributed by atoms with van der Waals surface area (Å²) in [6.45, 7) is 3.66. The molecule has 0 saturated carbocycles. The van der Waals surface area contributed by atoms with Crippen molar-refractivity contribution in [3.8, 4) is 0 Å². The van der Waals surface area contributed by atoms with Crippen LogP contribution < -0.4 is 40.0 Å². The fourth-order valence-corrected chi connectivity index (χ4v) is 1.02. The average molecular weight is 227 g/mol. The maximum Gasteiger partial charge on any atom is 1.00 e. The van der Waals surface area contributed by atoms with E-state index >= 15 is 0 Å². The summed E-state index contributed by atoms with van der Waals surface area (Å²) < 4.78 is 0. The number of hydrogen-bond donors (Lipinski definition) is 1. The summed E-state index contributed by atoms with van der Waals surface area (Å²) >= 11 is 0. The molecule has 4 nitrogen and oxygen atoms in total. The molecule has 1 aromatic rings. The van der Waals surface area contributed by atoms with E-state index in [9.17, 15) is 14.7 Å². The molecule has 0 fully saturated rings. The van der Waals surface area contributed by atoms with Gasteiger partial charge in [-0.3, -0.25) is 4.79 Å². The standard InChI is InChI=1S/C11H11NO3.Na/c1-2-10(13)12-7-8-3-5-9(6-4-8)11(14)15;/h2-6H,1,7H2,(H,12,13)(H,14,15);/q;+1/p-1. The van der Waals surface area contributed by atoms with E-state index in [2.05, 4.69) is 11.9 Å². The third kappa shape index (κ3) is 4.61. The minimum Gasteiger partial charge on any atom is -0.545 e. The van der Waals surface area contributed by atoms with E-state index in [4.69, 9.17) is 0 Å². The van der Waals surface area contributed by atoms with E-state index in [1.165, 1.54) is 18.2 Å². The van der Waals surface area contributed by atoms with Gasteiger partial charge in [0.1, 0.15) is 0 Å². The van der Waals surface area contributed by atoms with Gasteiger partial charge < -0.3 is 15.2 Å². The van der Waals surface area contributed by atoms with Gasteiger partial charge in [0.2, 0.25) is 5.91 Å². The number of carboxylic acid groups (broad SMARTS) is 1. The first kappa shape index (κ1) is 14.9. The van der Waals surface area contributed by atoms with Crippen molar-refractivity contribution in [3.05, 3.63) is 48.0 Å². The van der Waals surface area contributed by atoms with E-state index in [-0.39, 0.29) is 41.0 Å². The molecule has 0 aromatic heterocycles. The Balaban J connectivity index is 0.00000225. The number of carboxylic acids is 1. The third-order valence-corrected chi connectivity index (χ3v) is 1.84. The molecule has 1 N–H and O–H groups in total. The first-order chi connectivity index (χ1) is 7.13. The molecule has 0 saturated heterocycles. The van der Waals surface area contributed by atoms with E-state index in [0.717, 1.165) is 5.56 Å². The largest absolute Gasteiger partial charge is 1.00 e. The molecule has 16 heavy (non-hydrogen) atoms. The van der Waals surface area contributed by atoms with Gasteiger partial charge in [0.05, 0.1) is 5.97 Å². The normalized spacial score (nSPS) is 8.75. The van der Waals surface area contributed by atoms with Crippen LogP contribution in [-0.4, -0.2) is 11.9 Å². The summed E-state index contributed by atoms with van der Waals surface area (Å²) in [4.78, 5) is 21.3. The number of amides is 1. The predicted molar refractivity (Wildman–Crippen MR) is 52.8 cm³/mol. The van der Waals surface area contributed by atoms with Gasteiger partial charge in [0.25, 0.3) is 0 Å². The predicted octanol–water partition coefficient (Wildman–Crippen LogP) is -3.14. The van der Waals surface area contributed by atoms with Crippen molar-refractivity contribution in [2.75, 3.05) is 0 Å². The van der Waals surface area contributed by atoms with Crippen molar-refractivity contribution in [3.63, 3.8) is 0 Å². The first-order valence-electron chi connectivity index (χ1n) is 4.34. The molecule has 0 spiro atoms. The summed E-state index contributed by atoms with van der Waals surface area (Å²) in [5.74, 6) is -1.48. The van der Waals surface area contributed by atoms with Crippen LogP contribution in [0.2, 0.25) is 0 Å². The van der Waals surface area contributed by atoms with Gasteiger partial charge in [-0.15, -0.1) is 0 Å². The molecule has 78 valence electrons. The van der Waals surface area contributed by atoms with E-state index < -0.39 is 5.97 Å². The van der Waals surface area contributed by atoms with Crippen molar-refractivity contribution in [2.24, 2.45) is 0 Å². The quantitative estimate of drug-likeness (QED) is 0.436. The Hall–Kier alpha value is -1.10. The number of hydrogen-bond acceptors (Lipinski definition) is 3. The summed E-state index contributed by atoms with van der Waals surface area (Å²) in [5.41, 5.74) is 0.934. The van der Waals surface area contributed by atoms with Gasteiger partial charge >= 0.3 is 29.6 Å². The molecule has 0 atom stereocenters. The molecule has 0 aliphatic rings. The number of nitrogens with one attached hydrogen (secondary N) is 1. The van der Waals surface area contributed by atoms with Crippen LogP contribution in [0.25, 0.3) is 0 Å². The number of carbonyl (C=O) groups is 2. The van der Waals surface area contributed by atoms with Crippen LogP contribution in [0.5, 0.6) is 0 Å². The van der Waals surface area contributed by atoms with Crippen LogP contribution in [0.4, 0.5) is 0 Å². The van der Waals surface area contributed by atoms with Crippen molar-refractivity contribution < 1.29 is 44.3 Å². The smallest absolute Gasteiger partial charge is 0.545 e. The molecular weight excluding hydrogens is 217 g/mol. The summed E-state index contributed by atoms with van der Waals surface area (Å²) in [6, 6.07) is 6.11. The Labute approximate surface area is 116 Å². The molecule has 5 heteroatoms. The van der Waals surface area contributed by atoms with E-state index in [1.807, 2.05) is 0 Å². The fraction of sp³-hybridized carbons (Fsp3) is 0.0909. The molecule has 1 amide bonds. The Morgan fingerprint density at radius 2 is 1.88 bits per heavy atom. The van der Waals surface area contributed by atoms with Gasteiger partial charge in [-0.25, -0.2) is 0 Å². The number of benzene rings is 1. The zero-order chi connectivity index (χ0) is 11.3. The van der Waals surface area contributed by atoms with Crippen LogP contribution in [0, 0.1) is 0 Å². The van der Waals surface area contributed by atoms with Crippen LogP contribution in [0.3, 0.4) is 0 Å². The fourth-order valence-electron chi connectivity index (χ4n) is 1.02. The zero-order valence-electron chi connectivity index (χ0n) is 9.03. The number of carbonyl (C=O) groups excluding carboxylic acids is 2. The molecule has 0 aliphatic heterocycles. The summed E-state index contributed by atoms with van der Waals surface area (Å²) in [5, 5.41) is 13.0. The van der Waals surface area contributed by atoms with Crippen LogP contribution in [0.15, 0.2) is 36.9 Å². The topological polar surface area (TPSA) is 69.2 Å². The van der Waals surface area contributed by atoms with Gasteiger partial charge in [-0.1, -0.05) is 30.8 Å². The van der Waals surface area contributed by atoms with Crippen molar-refractivity contribution in [2.45, 2.75) is 6.54 Å². The first-order valence-corrected chi connectivity index (χ1v) is 4.34. The molecular formula is C11H10NNaO3. The molecule has 0 bridgehead atoms. The molecule has 0 radical (unpaired) electrons. The van der Waals surface area contributed by atoms with Gasteiger partial charge in [0.15, 0.2) is 0 Å². The summed E-state index contributed by atoms with van der Waals surface area (Å²) in [7, 11) is 0. The molecule has 1 rings (SSSR count). The van der Waals surface area contributed by atoms with Gasteiger partial charge in [0, 0.05) is 6.54 Å². The Bertz CT molecular complexity index is 387. The Morgan fingerprint density at radius 3 is 2.31 bits per heavy atom. The molecule has 0 heterocycles. The third-order valence-electron chi connectivity index (χ3n) is 1.84.